The Morgan fingerprint density at radius 3 is 2.82 bits per heavy atom. The van der Waals surface area contributed by atoms with Crippen molar-refractivity contribution in [3.8, 4) is 0 Å². The quantitative estimate of drug-likeness (QED) is 0.697. The lowest BCUT2D eigenvalue weighted by atomic mass is 9.89. The highest BCUT2D eigenvalue weighted by molar-refractivity contribution is 5.66. The highest BCUT2D eigenvalue weighted by Crippen LogP contribution is 2.23. The molecule has 100 valence electrons. The Morgan fingerprint density at radius 2 is 2.18 bits per heavy atom. The average molecular weight is 241 g/mol. The molecule has 0 aromatic rings. The zero-order valence-corrected chi connectivity index (χ0v) is 11.3. The lowest BCUT2D eigenvalue weighted by Gasteiger charge is -2.33. The van der Waals surface area contributed by atoms with Gasteiger partial charge in [0.2, 0.25) is 0 Å². The van der Waals surface area contributed by atoms with Gasteiger partial charge in [0.25, 0.3) is 0 Å². The van der Waals surface area contributed by atoms with Crippen LogP contribution >= 0.6 is 0 Å². The third kappa shape index (κ3) is 6.67. The SMILES string of the molecule is CC(C)CC1CCCN(CCCCC(=O)O)C1. The molecule has 0 aliphatic carbocycles. The number of piperidine rings is 1. The Kier molecular flexibility index (Phi) is 6.56. The first kappa shape index (κ1) is 14.5. The van der Waals surface area contributed by atoms with Gasteiger partial charge in [0.15, 0.2) is 0 Å². The molecule has 1 rings (SSSR count). The van der Waals surface area contributed by atoms with Crippen molar-refractivity contribution in [3.05, 3.63) is 0 Å². The molecule has 3 nitrogen and oxygen atoms in total. The van der Waals surface area contributed by atoms with Crippen LogP contribution < -0.4 is 0 Å². The topological polar surface area (TPSA) is 40.5 Å². The molecule has 1 aliphatic heterocycles. The van der Waals surface area contributed by atoms with E-state index >= 15 is 0 Å². The van der Waals surface area contributed by atoms with Crippen LogP contribution in [0.3, 0.4) is 0 Å². The van der Waals surface area contributed by atoms with Gasteiger partial charge in [-0.25, -0.2) is 0 Å². The molecular weight excluding hydrogens is 214 g/mol. The summed E-state index contributed by atoms with van der Waals surface area (Å²) in [5, 5.41) is 8.58. The molecule has 1 saturated heterocycles. The summed E-state index contributed by atoms with van der Waals surface area (Å²) < 4.78 is 0. The number of hydrogen-bond acceptors (Lipinski definition) is 2. The zero-order chi connectivity index (χ0) is 12.7. The van der Waals surface area contributed by atoms with E-state index in [4.69, 9.17) is 5.11 Å². The molecule has 3 heteroatoms. The summed E-state index contributed by atoms with van der Waals surface area (Å²) in [6, 6.07) is 0. The van der Waals surface area contributed by atoms with E-state index < -0.39 is 5.97 Å². The second kappa shape index (κ2) is 7.70. The van der Waals surface area contributed by atoms with E-state index in [0.29, 0.717) is 6.42 Å². The van der Waals surface area contributed by atoms with Gasteiger partial charge >= 0.3 is 5.97 Å². The van der Waals surface area contributed by atoms with Crippen molar-refractivity contribution in [2.45, 2.75) is 52.4 Å². The lowest BCUT2D eigenvalue weighted by molar-refractivity contribution is -0.137. The molecule has 1 heterocycles. The molecule has 0 bridgehead atoms. The lowest BCUT2D eigenvalue weighted by Crippen LogP contribution is -2.36. The number of carbonyl (C=O) groups is 1. The molecule has 1 aliphatic rings. The van der Waals surface area contributed by atoms with Crippen molar-refractivity contribution in [1.82, 2.24) is 4.90 Å². The van der Waals surface area contributed by atoms with Gasteiger partial charge in [-0.3, -0.25) is 4.79 Å². The minimum atomic E-state index is -0.665. The summed E-state index contributed by atoms with van der Waals surface area (Å²) in [6.45, 7) is 8.12. The Labute approximate surface area is 105 Å². The standard InChI is InChI=1S/C14H27NO2/c1-12(2)10-13-6-5-9-15(11-13)8-4-3-7-14(16)17/h12-13H,3-11H2,1-2H3,(H,16,17). The fraction of sp³-hybridized carbons (Fsp3) is 0.929. The number of carboxylic acids is 1. The summed E-state index contributed by atoms with van der Waals surface area (Å²) in [4.78, 5) is 12.9. The highest BCUT2D eigenvalue weighted by Gasteiger charge is 2.20. The fourth-order valence-electron chi connectivity index (χ4n) is 2.83. The van der Waals surface area contributed by atoms with E-state index in [2.05, 4.69) is 18.7 Å². The van der Waals surface area contributed by atoms with Crippen LogP contribution in [0, 0.1) is 11.8 Å². The second-order valence-corrected chi connectivity index (χ2v) is 5.79. The van der Waals surface area contributed by atoms with Crippen molar-refractivity contribution in [2.75, 3.05) is 19.6 Å². The predicted molar refractivity (Wildman–Crippen MR) is 70.1 cm³/mol. The van der Waals surface area contributed by atoms with Crippen molar-refractivity contribution in [1.29, 1.82) is 0 Å². The number of likely N-dealkylation sites (tertiary alicyclic amines) is 1. The van der Waals surface area contributed by atoms with Crippen molar-refractivity contribution in [2.24, 2.45) is 11.8 Å². The number of unbranched alkanes of at least 4 members (excludes halogenated alkanes) is 1. The second-order valence-electron chi connectivity index (χ2n) is 5.79. The van der Waals surface area contributed by atoms with Gasteiger partial charge in [0.1, 0.15) is 0 Å². The van der Waals surface area contributed by atoms with Crippen LogP contribution in [-0.4, -0.2) is 35.6 Å². The van der Waals surface area contributed by atoms with Gasteiger partial charge in [-0.05, 0) is 57.0 Å². The van der Waals surface area contributed by atoms with Crippen LogP contribution in [-0.2, 0) is 4.79 Å². The summed E-state index contributed by atoms with van der Waals surface area (Å²) in [7, 11) is 0. The summed E-state index contributed by atoms with van der Waals surface area (Å²) in [6.07, 6.45) is 6.20. The van der Waals surface area contributed by atoms with E-state index in [1.165, 1.54) is 32.4 Å². The minimum absolute atomic E-state index is 0.323. The maximum Gasteiger partial charge on any atom is 0.303 e. The van der Waals surface area contributed by atoms with E-state index in [9.17, 15) is 4.79 Å². The van der Waals surface area contributed by atoms with Crippen LogP contribution in [0.5, 0.6) is 0 Å². The van der Waals surface area contributed by atoms with E-state index in [1.54, 1.807) is 0 Å². The third-order valence-electron chi connectivity index (χ3n) is 3.52. The van der Waals surface area contributed by atoms with Gasteiger partial charge in [-0.1, -0.05) is 13.8 Å². The molecule has 0 saturated carbocycles. The van der Waals surface area contributed by atoms with E-state index in [1.807, 2.05) is 0 Å². The number of rotatable bonds is 7. The number of nitrogens with zero attached hydrogens (tertiary/aromatic N) is 1. The highest BCUT2D eigenvalue weighted by atomic mass is 16.4. The van der Waals surface area contributed by atoms with Crippen molar-refractivity contribution >= 4 is 5.97 Å². The third-order valence-corrected chi connectivity index (χ3v) is 3.52. The Morgan fingerprint density at radius 1 is 1.41 bits per heavy atom. The molecule has 0 radical (unpaired) electrons. The molecule has 0 aromatic heterocycles. The monoisotopic (exact) mass is 241 g/mol. The first-order valence-corrected chi connectivity index (χ1v) is 7.02. The fourth-order valence-corrected chi connectivity index (χ4v) is 2.83. The van der Waals surface area contributed by atoms with Gasteiger partial charge in [0.05, 0.1) is 0 Å². The number of hydrogen-bond donors (Lipinski definition) is 1. The molecule has 0 aromatic carbocycles. The van der Waals surface area contributed by atoms with Crippen molar-refractivity contribution < 1.29 is 9.90 Å². The maximum atomic E-state index is 10.4. The largest absolute Gasteiger partial charge is 0.481 e. The minimum Gasteiger partial charge on any atom is -0.481 e. The molecule has 1 unspecified atom stereocenters. The molecule has 17 heavy (non-hydrogen) atoms. The smallest absolute Gasteiger partial charge is 0.303 e. The predicted octanol–water partition coefficient (Wildman–Crippen LogP) is 3.00. The van der Waals surface area contributed by atoms with Crippen LogP contribution in [0.2, 0.25) is 0 Å². The van der Waals surface area contributed by atoms with Crippen molar-refractivity contribution in [3.63, 3.8) is 0 Å². The van der Waals surface area contributed by atoms with Crippen LogP contribution in [0.25, 0.3) is 0 Å². The van der Waals surface area contributed by atoms with Crippen LogP contribution in [0.4, 0.5) is 0 Å². The van der Waals surface area contributed by atoms with E-state index in [-0.39, 0.29) is 0 Å². The Bertz CT molecular complexity index is 228. The first-order valence-electron chi connectivity index (χ1n) is 7.02. The first-order chi connectivity index (χ1) is 8.08. The molecular formula is C14H27NO2. The average Bonchev–Trinajstić information content (AvgIpc) is 2.24. The molecule has 1 N–H and O–H groups in total. The van der Waals surface area contributed by atoms with Gasteiger partial charge in [0, 0.05) is 13.0 Å². The zero-order valence-electron chi connectivity index (χ0n) is 11.3. The number of carboxylic acid groups (broad SMARTS) is 1. The van der Waals surface area contributed by atoms with Crippen LogP contribution in [0.15, 0.2) is 0 Å². The molecule has 1 fully saturated rings. The molecule has 1 atom stereocenters. The summed E-state index contributed by atoms with van der Waals surface area (Å²) >= 11 is 0. The van der Waals surface area contributed by atoms with Crippen LogP contribution in [0.1, 0.15) is 52.4 Å². The Hall–Kier alpha value is -0.570. The Balaban J connectivity index is 2.14. The van der Waals surface area contributed by atoms with Gasteiger partial charge < -0.3 is 10.0 Å². The van der Waals surface area contributed by atoms with E-state index in [0.717, 1.165) is 31.2 Å². The maximum absolute atomic E-state index is 10.4. The summed E-state index contributed by atoms with van der Waals surface area (Å²) in [5.41, 5.74) is 0. The molecule has 0 spiro atoms. The molecule has 0 amide bonds. The summed E-state index contributed by atoms with van der Waals surface area (Å²) in [5.74, 6) is 0.997. The van der Waals surface area contributed by atoms with Gasteiger partial charge in [-0.15, -0.1) is 0 Å². The van der Waals surface area contributed by atoms with Gasteiger partial charge in [-0.2, -0.15) is 0 Å². The normalized spacial score (nSPS) is 21.9. The number of aliphatic carboxylic acids is 1.